The zero-order valence-electron chi connectivity index (χ0n) is 18.4. The predicted molar refractivity (Wildman–Crippen MR) is 122 cm³/mol. The number of anilines is 2. The molecule has 0 unspecified atom stereocenters. The summed E-state index contributed by atoms with van der Waals surface area (Å²) < 4.78 is 68.3. The number of amides is 1. The number of benzene rings is 2. The number of sulfonamides is 1. The van der Waals surface area contributed by atoms with E-state index in [1.165, 1.54) is 29.4 Å². The van der Waals surface area contributed by atoms with E-state index in [0.29, 0.717) is 37.8 Å². The summed E-state index contributed by atoms with van der Waals surface area (Å²) in [6, 6.07) is 9.85. The first-order valence-electron chi connectivity index (χ1n) is 11.1. The molecule has 1 aromatic heterocycles. The molecule has 0 saturated carbocycles. The number of halogens is 3. The minimum atomic E-state index is -4.53. The fraction of sp³-hybridized carbons (Fsp3) is 0.292. The number of nitrogens with one attached hydrogen (secondary N) is 1. The van der Waals surface area contributed by atoms with Gasteiger partial charge in [-0.1, -0.05) is 12.1 Å². The molecule has 1 fully saturated rings. The Labute approximate surface area is 200 Å². The fourth-order valence-electron chi connectivity index (χ4n) is 4.77. The highest BCUT2D eigenvalue weighted by molar-refractivity contribution is 7.92. The van der Waals surface area contributed by atoms with Gasteiger partial charge in [-0.2, -0.15) is 13.2 Å². The van der Waals surface area contributed by atoms with Crippen LogP contribution in [0.5, 0.6) is 0 Å². The highest BCUT2D eigenvalue weighted by Crippen LogP contribution is 2.45. The average molecular weight is 503 g/mol. The number of aryl methyl sites for hydroxylation is 1. The summed E-state index contributed by atoms with van der Waals surface area (Å²) in [5.74, 6) is -0.493. The van der Waals surface area contributed by atoms with E-state index in [1.54, 1.807) is 18.2 Å². The van der Waals surface area contributed by atoms with E-state index in [2.05, 4.69) is 14.7 Å². The first-order chi connectivity index (χ1) is 16.6. The smallest absolute Gasteiger partial charge is 0.312 e. The number of aromatic nitrogens is 2. The lowest BCUT2D eigenvalue weighted by atomic mass is 9.90. The van der Waals surface area contributed by atoms with Gasteiger partial charge < -0.3 is 4.90 Å². The molecule has 7 nitrogen and oxygen atoms in total. The van der Waals surface area contributed by atoms with Crippen molar-refractivity contribution in [2.45, 2.75) is 42.7 Å². The lowest BCUT2D eigenvalue weighted by Gasteiger charge is -2.25. The maximum Gasteiger partial charge on any atom is 0.416 e. The molecule has 182 valence electrons. The van der Waals surface area contributed by atoms with Gasteiger partial charge in [0.05, 0.1) is 10.5 Å². The van der Waals surface area contributed by atoms with Crippen molar-refractivity contribution in [1.29, 1.82) is 0 Å². The Balaban J connectivity index is 1.51. The van der Waals surface area contributed by atoms with Gasteiger partial charge in [0.15, 0.2) is 0 Å². The van der Waals surface area contributed by atoms with E-state index in [9.17, 15) is 26.4 Å². The molecule has 0 radical (unpaired) electrons. The van der Waals surface area contributed by atoms with E-state index in [0.717, 1.165) is 23.3 Å². The normalized spacial score (nSPS) is 18.1. The fourth-order valence-corrected chi connectivity index (χ4v) is 5.77. The Morgan fingerprint density at radius 2 is 1.74 bits per heavy atom. The SMILES string of the molecule is O=C1CCCN1c1cc(C(F)(F)F)ccc1[C@@H]1CCc2cc(S(=O)(=O)Nc3ncccn3)ccc21. The summed E-state index contributed by atoms with van der Waals surface area (Å²) in [7, 11) is -3.92. The minimum Gasteiger partial charge on any atom is -0.312 e. The molecule has 1 N–H and O–H groups in total. The van der Waals surface area contributed by atoms with E-state index in [1.807, 2.05) is 0 Å². The molecule has 1 atom stereocenters. The Morgan fingerprint density at radius 3 is 2.43 bits per heavy atom. The van der Waals surface area contributed by atoms with Crippen LogP contribution in [0.1, 0.15) is 47.4 Å². The number of rotatable bonds is 5. The zero-order chi connectivity index (χ0) is 24.8. The van der Waals surface area contributed by atoms with Crippen molar-refractivity contribution in [1.82, 2.24) is 9.97 Å². The van der Waals surface area contributed by atoms with Gasteiger partial charge in [0, 0.05) is 37.0 Å². The number of carbonyl (C=O) groups is 1. The molecule has 1 saturated heterocycles. The summed E-state index contributed by atoms with van der Waals surface area (Å²) in [6.07, 6.45) is 0.359. The molecular weight excluding hydrogens is 481 g/mol. The van der Waals surface area contributed by atoms with Crippen molar-refractivity contribution in [2.75, 3.05) is 16.2 Å². The Hall–Kier alpha value is -3.47. The lowest BCUT2D eigenvalue weighted by Crippen LogP contribution is -2.26. The van der Waals surface area contributed by atoms with Crippen molar-refractivity contribution >= 4 is 27.6 Å². The van der Waals surface area contributed by atoms with E-state index in [4.69, 9.17) is 0 Å². The Kier molecular flexibility index (Phi) is 5.74. The quantitative estimate of drug-likeness (QED) is 0.555. The average Bonchev–Trinajstić information content (AvgIpc) is 3.44. The van der Waals surface area contributed by atoms with Gasteiger partial charge in [-0.15, -0.1) is 0 Å². The predicted octanol–water partition coefficient (Wildman–Crippen LogP) is 4.50. The van der Waals surface area contributed by atoms with Gasteiger partial charge in [0.25, 0.3) is 10.0 Å². The van der Waals surface area contributed by atoms with Gasteiger partial charge in [-0.3, -0.25) is 4.79 Å². The van der Waals surface area contributed by atoms with Crippen molar-refractivity contribution in [2.24, 2.45) is 0 Å². The molecule has 1 aliphatic carbocycles. The number of carbonyl (C=O) groups excluding carboxylic acids is 1. The number of nitrogens with zero attached hydrogens (tertiary/aromatic N) is 3. The maximum atomic E-state index is 13.4. The summed E-state index contributed by atoms with van der Waals surface area (Å²) in [5, 5.41) is 0. The Bertz CT molecular complexity index is 1390. The van der Waals surface area contributed by atoms with Crippen LogP contribution in [-0.4, -0.2) is 30.8 Å². The Morgan fingerprint density at radius 1 is 1.00 bits per heavy atom. The van der Waals surface area contributed by atoms with Crippen LogP contribution in [0.4, 0.5) is 24.8 Å². The van der Waals surface area contributed by atoms with Gasteiger partial charge in [-0.05, 0) is 66.3 Å². The molecule has 5 rings (SSSR count). The van der Waals surface area contributed by atoms with Crippen molar-refractivity contribution in [3.8, 4) is 0 Å². The summed E-state index contributed by atoms with van der Waals surface area (Å²) in [5.41, 5.74) is 1.75. The highest BCUT2D eigenvalue weighted by atomic mass is 32.2. The van der Waals surface area contributed by atoms with Gasteiger partial charge in [0.1, 0.15) is 0 Å². The second kappa shape index (κ2) is 8.63. The van der Waals surface area contributed by atoms with Crippen LogP contribution in [0.3, 0.4) is 0 Å². The van der Waals surface area contributed by atoms with Gasteiger partial charge in [0.2, 0.25) is 11.9 Å². The third-order valence-electron chi connectivity index (χ3n) is 6.39. The van der Waals surface area contributed by atoms with Crippen LogP contribution in [0.2, 0.25) is 0 Å². The molecule has 2 aliphatic rings. The van der Waals surface area contributed by atoms with Crippen LogP contribution in [-0.2, 0) is 27.4 Å². The molecule has 3 aromatic rings. The van der Waals surface area contributed by atoms with Crippen molar-refractivity contribution in [3.63, 3.8) is 0 Å². The third-order valence-corrected chi connectivity index (χ3v) is 7.72. The molecule has 0 spiro atoms. The summed E-state index contributed by atoms with van der Waals surface area (Å²) in [4.78, 5) is 21.7. The van der Waals surface area contributed by atoms with E-state index >= 15 is 0 Å². The molecule has 1 aliphatic heterocycles. The molecular formula is C24H21F3N4O3S. The molecule has 2 aromatic carbocycles. The first-order valence-corrected chi connectivity index (χ1v) is 12.6. The van der Waals surface area contributed by atoms with Crippen LogP contribution in [0.25, 0.3) is 0 Å². The standard InChI is InChI=1S/C24H21F3N4O3S/c25-24(26,27)16-5-8-20(21(14-16)31-12-1-3-22(31)32)19-7-4-15-13-17(6-9-18(15)19)35(33,34)30-23-28-10-2-11-29-23/h2,5-6,8-11,13-14,19H,1,3-4,7,12H2,(H,28,29,30)/t19-/m1/s1. The summed E-state index contributed by atoms with van der Waals surface area (Å²) >= 11 is 0. The number of hydrogen-bond acceptors (Lipinski definition) is 5. The lowest BCUT2D eigenvalue weighted by molar-refractivity contribution is -0.137. The molecule has 11 heteroatoms. The summed E-state index contributed by atoms with van der Waals surface area (Å²) in [6.45, 7) is 0.372. The van der Waals surface area contributed by atoms with Gasteiger partial charge in [-0.25, -0.2) is 23.1 Å². The largest absolute Gasteiger partial charge is 0.416 e. The number of hydrogen-bond donors (Lipinski definition) is 1. The molecule has 0 bridgehead atoms. The highest BCUT2D eigenvalue weighted by Gasteiger charge is 2.36. The molecule has 1 amide bonds. The monoisotopic (exact) mass is 502 g/mol. The topological polar surface area (TPSA) is 92.3 Å². The first kappa shape index (κ1) is 23.3. The van der Waals surface area contributed by atoms with Crippen LogP contribution in [0, 0.1) is 0 Å². The number of alkyl halides is 3. The molecule has 35 heavy (non-hydrogen) atoms. The van der Waals surface area contributed by atoms with Gasteiger partial charge >= 0.3 is 6.18 Å². The second-order valence-electron chi connectivity index (χ2n) is 8.55. The van der Waals surface area contributed by atoms with E-state index in [-0.39, 0.29) is 28.4 Å². The van der Waals surface area contributed by atoms with Crippen molar-refractivity contribution in [3.05, 3.63) is 77.1 Å². The van der Waals surface area contributed by atoms with E-state index < -0.39 is 21.8 Å². The number of fused-ring (bicyclic) bond motifs is 1. The second-order valence-corrected chi connectivity index (χ2v) is 10.2. The van der Waals surface area contributed by atoms with Crippen LogP contribution >= 0.6 is 0 Å². The molecule has 2 heterocycles. The van der Waals surface area contributed by atoms with Crippen LogP contribution in [0.15, 0.2) is 59.8 Å². The maximum absolute atomic E-state index is 13.4. The minimum absolute atomic E-state index is 0.0458. The zero-order valence-corrected chi connectivity index (χ0v) is 19.2. The van der Waals surface area contributed by atoms with Crippen LogP contribution < -0.4 is 9.62 Å². The van der Waals surface area contributed by atoms with Crippen molar-refractivity contribution < 1.29 is 26.4 Å². The third kappa shape index (κ3) is 4.47.